The van der Waals surface area contributed by atoms with Crippen LogP contribution in [0.25, 0.3) is 0 Å². The van der Waals surface area contributed by atoms with E-state index in [1.165, 1.54) is 4.90 Å². The van der Waals surface area contributed by atoms with Gasteiger partial charge in [-0.15, -0.1) is 10.2 Å². The monoisotopic (exact) mass is 273 g/mol. The van der Waals surface area contributed by atoms with Crippen LogP contribution in [-0.4, -0.2) is 30.3 Å². The molecule has 7 nitrogen and oxygen atoms in total. The number of hydrazine groups is 1. The summed E-state index contributed by atoms with van der Waals surface area (Å²) in [7, 11) is 3.23. The van der Waals surface area contributed by atoms with Crippen LogP contribution >= 0.6 is 0 Å². The largest absolute Gasteiger partial charge is 0.497 e. The van der Waals surface area contributed by atoms with E-state index in [-0.39, 0.29) is 11.6 Å². The van der Waals surface area contributed by atoms with Crippen LogP contribution in [0.15, 0.2) is 36.4 Å². The average molecular weight is 273 g/mol. The third-order valence-electron chi connectivity index (χ3n) is 2.78. The quantitative estimate of drug-likeness (QED) is 0.639. The van der Waals surface area contributed by atoms with Gasteiger partial charge in [0, 0.05) is 18.8 Å². The molecule has 1 amide bonds. The number of amides is 1. The molecule has 20 heavy (non-hydrogen) atoms. The Morgan fingerprint density at radius 3 is 2.70 bits per heavy atom. The SMILES string of the molecule is COc1cccc(N(C)C(=O)c2ccc(NN)nn2)c1. The molecular formula is C13H15N5O2. The molecule has 0 saturated carbocycles. The molecular weight excluding hydrogens is 258 g/mol. The maximum Gasteiger partial charge on any atom is 0.278 e. The first kappa shape index (κ1) is 13.8. The van der Waals surface area contributed by atoms with E-state index in [2.05, 4.69) is 15.6 Å². The summed E-state index contributed by atoms with van der Waals surface area (Å²) in [6.07, 6.45) is 0. The van der Waals surface area contributed by atoms with Crippen molar-refractivity contribution in [2.45, 2.75) is 0 Å². The minimum atomic E-state index is -0.269. The van der Waals surface area contributed by atoms with Crippen molar-refractivity contribution < 1.29 is 9.53 Å². The summed E-state index contributed by atoms with van der Waals surface area (Å²) in [6.45, 7) is 0. The van der Waals surface area contributed by atoms with Gasteiger partial charge in [0.25, 0.3) is 5.91 Å². The lowest BCUT2D eigenvalue weighted by atomic mass is 10.2. The lowest BCUT2D eigenvalue weighted by Crippen LogP contribution is -2.27. The summed E-state index contributed by atoms with van der Waals surface area (Å²) >= 11 is 0. The molecule has 0 fully saturated rings. The number of ether oxygens (including phenoxy) is 1. The molecule has 2 rings (SSSR count). The van der Waals surface area contributed by atoms with E-state index >= 15 is 0 Å². The molecule has 7 heteroatoms. The number of nitrogens with one attached hydrogen (secondary N) is 1. The Bertz CT molecular complexity index is 600. The van der Waals surface area contributed by atoms with Crippen molar-refractivity contribution in [3.05, 3.63) is 42.1 Å². The molecule has 1 aromatic carbocycles. The van der Waals surface area contributed by atoms with Crippen LogP contribution in [0.4, 0.5) is 11.5 Å². The molecule has 0 aliphatic carbocycles. The van der Waals surface area contributed by atoms with E-state index in [0.29, 0.717) is 17.3 Å². The second-order valence-corrected chi connectivity index (χ2v) is 4.01. The van der Waals surface area contributed by atoms with Crippen LogP contribution in [0.3, 0.4) is 0 Å². The summed E-state index contributed by atoms with van der Waals surface area (Å²) in [5.74, 6) is 6.00. The van der Waals surface area contributed by atoms with Crippen molar-refractivity contribution in [1.82, 2.24) is 10.2 Å². The second-order valence-electron chi connectivity index (χ2n) is 4.01. The highest BCUT2D eigenvalue weighted by Gasteiger charge is 2.15. The topological polar surface area (TPSA) is 93.4 Å². The number of hydrogen-bond acceptors (Lipinski definition) is 6. The first-order chi connectivity index (χ1) is 9.65. The molecule has 0 aliphatic heterocycles. The van der Waals surface area contributed by atoms with Crippen LogP contribution in [0.5, 0.6) is 5.75 Å². The third kappa shape index (κ3) is 2.83. The van der Waals surface area contributed by atoms with Crippen LogP contribution in [0.1, 0.15) is 10.5 Å². The van der Waals surface area contributed by atoms with E-state index in [1.807, 2.05) is 18.2 Å². The van der Waals surface area contributed by atoms with Crippen LogP contribution in [-0.2, 0) is 0 Å². The fourth-order valence-corrected chi connectivity index (χ4v) is 1.63. The third-order valence-corrected chi connectivity index (χ3v) is 2.78. The van der Waals surface area contributed by atoms with Crippen molar-refractivity contribution in [3.63, 3.8) is 0 Å². The molecule has 0 spiro atoms. The lowest BCUT2D eigenvalue weighted by molar-refractivity contribution is 0.0987. The molecule has 0 aliphatic rings. The van der Waals surface area contributed by atoms with Gasteiger partial charge in [-0.1, -0.05) is 6.07 Å². The second kappa shape index (κ2) is 5.98. The summed E-state index contributed by atoms with van der Waals surface area (Å²) < 4.78 is 5.13. The Balaban J connectivity index is 2.22. The van der Waals surface area contributed by atoms with Crippen molar-refractivity contribution in [3.8, 4) is 5.75 Å². The van der Waals surface area contributed by atoms with Gasteiger partial charge >= 0.3 is 0 Å². The summed E-state index contributed by atoms with van der Waals surface area (Å²) in [6, 6.07) is 10.3. The van der Waals surface area contributed by atoms with E-state index in [9.17, 15) is 4.79 Å². The standard InChI is InChI=1S/C13H15N5O2/c1-18(9-4-3-5-10(8-9)20-2)13(19)11-6-7-12(15-14)17-16-11/h3-8H,14H2,1-2H3,(H,15,17). The van der Waals surface area contributed by atoms with E-state index in [0.717, 1.165) is 0 Å². The summed E-state index contributed by atoms with van der Waals surface area (Å²) in [5.41, 5.74) is 3.29. The number of aromatic nitrogens is 2. The first-order valence-corrected chi connectivity index (χ1v) is 5.88. The fraction of sp³-hybridized carbons (Fsp3) is 0.154. The van der Waals surface area contributed by atoms with Gasteiger partial charge in [-0.3, -0.25) is 4.79 Å². The molecule has 104 valence electrons. The number of methoxy groups -OCH3 is 1. The Morgan fingerprint density at radius 1 is 1.30 bits per heavy atom. The molecule has 0 radical (unpaired) electrons. The first-order valence-electron chi connectivity index (χ1n) is 5.88. The molecule has 1 heterocycles. The smallest absolute Gasteiger partial charge is 0.278 e. The van der Waals surface area contributed by atoms with Crippen molar-refractivity contribution in [2.24, 2.45) is 5.84 Å². The Kier molecular flexibility index (Phi) is 4.11. The minimum absolute atomic E-state index is 0.231. The number of nitrogen functional groups attached to an aromatic ring is 1. The van der Waals surface area contributed by atoms with Crippen LogP contribution in [0, 0.1) is 0 Å². The highest BCUT2D eigenvalue weighted by atomic mass is 16.5. The predicted molar refractivity (Wildman–Crippen MR) is 75.6 cm³/mol. The molecule has 1 aromatic heterocycles. The zero-order chi connectivity index (χ0) is 14.5. The maximum atomic E-state index is 12.3. The van der Waals surface area contributed by atoms with Gasteiger partial charge in [0.05, 0.1) is 7.11 Å². The highest BCUT2D eigenvalue weighted by Crippen LogP contribution is 2.21. The minimum Gasteiger partial charge on any atom is -0.497 e. The number of carbonyl (C=O) groups excluding carboxylic acids is 1. The van der Waals surface area contributed by atoms with Crippen LogP contribution < -0.4 is 20.9 Å². The van der Waals surface area contributed by atoms with Crippen molar-refractivity contribution in [2.75, 3.05) is 24.5 Å². The summed E-state index contributed by atoms with van der Waals surface area (Å²) in [5, 5.41) is 7.59. The molecule has 0 atom stereocenters. The van der Waals surface area contributed by atoms with E-state index in [1.54, 1.807) is 32.4 Å². The zero-order valence-electron chi connectivity index (χ0n) is 11.2. The highest BCUT2D eigenvalue weighted by molar-refractivity contribution is 6.04. The number of rotatable bonds is 4. The van der Waals surface area contributed by atoms with Gasteiger partial charge in [0.2, 0.25) is 0 Å². The molecule has 0 unspecified atom stereocenters. The lowest BCUT2D eigenvalue weighted by Gasteiger charge is -2.17. The number of nitrogens with two attached hydrogens (primary N) is 1. The normalized spacial score (nSPS) is 9.95. The van der Waals surface area contributed by atoms with Gasteiger partial charge in [-0.05, 0) is 24.3 Å². The van der Waals surface area contributed by atoms with E-state index < -0.39 is 0 Å². The van der Waals surface area contributed by atoms with Gasteiger partial charge in [-0.2, -0.15) is 0 Å². The Labute approximate surface area is 116 Å². The van der Waals surface area contributed by atoms with Crippen molar-refractivity contribution in [1.29, 1.82) is 0 Å². The Hall–Kier alpha value is -2.67. The summed E-state index contributed by atoms with van der Waals surface area (Å²) in [4.78, 5) is 13.7. The van der Waals surface area contributed by atoms with Crippen LogP contribution in [0.2, 0.25) is 0 Å². The molecule has 0 saturated heterocycles. The number of anilines is 2. The molecule has 0 bridgehead atoms. The van der Waals surface area contributed by atoms with Gasteiger partial charge in [0.15, 0.2) is 11.5 Å². The number of carbonyl (C=O) groups is 1. The van der Waals surface area contributed by atoms with Crippen molar-refractivity contribution >= 4 is 17.4 Å². The maximum absolute atomic E-state index is 12.3. The molecule has 2 aromatic rings. The van der Waals surface area contributed by atoms with Gasteiger partial charge in [0.1, 0.15) is 5.75 Å². The number of nitrogens with zero attached hydrogens (tertiary/aromatic N) is 3. The number of benzene rings is 1. The Morgan fingerprint density at radius 2 is 2.10 bits per heavy atom. The average Bonchev–Trinajstić information content (AvgIpc) is 2.53. The number of hydrogen-bond donors (Lipinski definition) is 2. The predicted octanol–water partition coefficient (Wildman–Crippen LogP) is 1.05. The van der Waals surface area contributed by atoms with Gasteiger partial charge < -0.3 is 15.1 Å². The fourth-order valence-electron chi connectivity index (χ4n) is 1.63. The van der Waals surface area contributed by atoms with E-state index in [4.69, 9.17) is 10.6 Å². The zero-order valence-corrected chi connectivity index (χ0v) is 11.2. The molecule has 3 N–H and O–H groups in total. The van der Waals surface area contributed by atoms with Gasteiger partial charge in [-0.25, -0.2) is 5.84 Å².